The van der Waals surface area contributed by atoms with E-state index in [0.29, 0.717) is 12.0 Å². The Morgan fingerprint density at radius 3 is 2.46 bits per heavy atom. The molecule has 1 heterocycles. The predicted molar refractivity (Wildman–Crippen MR) is 114 cm³/mol. The van der Waals surface area contributed by atoms with Gasteiger partial charge >= 0.3 is 0 Å². The summed E-state index contributed by atoms with van der Waals surface area (Å²) in [4.78, 5) is 13.1. The molecular formula is C24H22N2O2. The quantitative estimate of drug-likeness (QED) is 0.223. The normalized spacial score (nSPS) is 11.6. The van der Waals surface area contributed by atoms with Crippen molar-refractivity contribution >= 4 is 33.8 Å². The van der Waals surface area contributed by atoms with Crippen LogP contribution >= 0.6 is 0 Å². The van der Waals surface area contributed by atoms with Gasteiger partial charge in [0.2, 0.25) is 0 Å². The zero-order valence-electron chi connectivity index (χ0n) is 16.0. The molecule has 1 N–H and O–H groups in total. The standard InChI is InChI=1S/C24H22N2O2/c1-3-26-22-10-8-17(12-13-25-28)14-20(22)21-15-18(9-11-23(21)26)24(27)19-7-5-4-6-16(19)2/h4-11,13-15,28H,3,12H2,1-2H3. The third-order valence-corrected chi connectivity index (χ3v) is 5.31. The van der Waals surface area contributed by atoms with Gasteiger partial charge in [-0.15, -0.1) is 5.16 Å². The van der Waals surface area contributed by atoms with Crippen molar-refractivity contribution in [1.82, 2.24) is 4.57 Å². The molecule has 0 radical (unpaired) electrons. The number of fused-ring (bicyclic) bond motifs is 3. The van der Waals surface area contributed by atoms with Crippen LogP contribution in [0.4, 0.5) is 0 Å². The van der Waals surface area contributed by atoms with Gasteiger partial charge < -0.3 is 9.77 Å². The molecule has 4 heteroatoms. The van der Waals surface area contributed by atoms with Gasteiger partial charge in [-0.1, -0.05) is 30.3 Å². The van der Waals surface area contributed by atoms with Gasteiger partial charge in [0.15, 0.2) is 5.78 Å². The number of rotatable bonds is 5. The summed E-state index contributed by atoms with van der Waals surface area (Å²) in [6.07, 6.45) is 2.04. The Labute approximate surface area is 163 Å². The molecule has 28 heavy (non-hydrogen) atoms. The van der Waals surface area contributed by atoms with E-state index < -0.39 is 0 Å². The first-order valence-corrected chi connectivity index (χ1v) is 9.45. The zero-order valence-corrected chi connectivity index (χ0v) is 16.0. The van der Waals surface area contributed by atoms with Crippen LogP contribution in [0.5, 0.6) is 0 Å². The Kier molecular flexibility index (Phi) is 4.70. The lowest BCUT2D eigenvalue weighted by molar-refractivity contribution is 0.103. The highest BCUT2D eigenvalue weighted by Crippen LogP contribution is 2.31. The van der Waals surface area contributed by atoms with E-state index >= 15 is 0 Å². The third-order valence-electron chi connectivity index (χ3n) is 5.31. The number of carbonyl (C=O) groups is 1. The molecule has 1 aromatic heterocycles. The van der Waals surface area contributed by atoms with Crippen molar-refractivity contribution < 1.29 is 10.0 Å². The minimum Gasteiger partial charge on any atom is -0.411 e. The molecule has 3 aromatic carbocycles. The second-order valence-corrected chi connectivity index (χ2v) is 6.97. The van der Waals surface area contributed by atoms with Crippen molar-refractivity contribution in [3.63, 3.8) is 0 Å². The molecule has 0 atom stereocenters. The summed E-state index contributed by atoms with van der Waals surface area (Å²) in [5.74, 6) is 0.0426. The van der Waals surface area contributed by atoms with Crippen LogP contribution in [-0.2, 0) is 13.0 Å². The average molecular weight is 370 g/mol. The number of ketones is 1. The average Bonchev–Trinajstić information content (AvgIpc) is 3.04. The molecule has 0 aliphatic heterocycles. The van der Waals surface area contributed by atoms with E-state index in [9.17, 15) is 4.79 Å². The smallest absolute Gasteiger partial charge is 0.193 e. The molecule has 0 fully saturated rings. The fraction of sp³-hybridized carbons (Fsp3) is 0.167. The van der Waals surface area contributed by atoms with Crippen molar-refractivity contribution in [2.45, 2.75) is 26.8 Å². The largest absolute Gasteiger partial charge is 0.411 e. The number of hydrogen-bond donors (Lipinski definition) is 1. The highest BCUT2D eigenvalue weighted by molar-refractivity contribution is 6.15. The summed E-state index contributed by atoms with van der Waals surface area (Å²) in [6.45, 7) is 4.93. The number of aryl methyl sites for hydroxylation is 2. The Morgan fingerprint density at radius 2 is 1.75 bits per heavy atom. The maximum Gasteiger partial charge on any atom is 0.193 e. The van der Waals surface area contributed by atoms with E-state index in [0.717, 1.165) is 45.0 Å². The van der Waals surface area contributed by atoms with E-state index in [1.165, 1.54) is 6.21 Å². The van der Waals surface area contributed by atoms with Crippen LogP contribution in [-0.4, -0.2) is 21.8 Å². The van der Waals surface area contributed by atoms with Crippen molar-refractivity contribution in [3.8, 4) is 0 Å². The van der Waals surface area contributed by atoms with Gasteiger partial charge in [-0.25, -0.2) is 0 Å². The number of benzene rings is 3. The van der Waals surface area contributed by atoms with Crippen LogP contribution in [0.1, 0.15) is 34.0 Å². The van der Waals surface area contributed by atoms with Crippen LogP contribution in [0.15, 0.2) is 65.8 Å². The lowest BCUT2D eigenvalue weighted by Crippen LogP contribution is -2.03. The van der Waals surface area contributed by atoms with E-state index in [-0.39, 0.29) is 5.78 Å². The number of aromatic nitrogens is 1. The minimum absolute atomic E-state index is 0.0426. The number of hydrogen-bond acceptors (Lipinski definition) is 3. The van der Waals surface area contributed by atoms with Crippen LogP contribution in [0, 0.1) is 6.92 Å². The van der Waals surface area contributed by atoms with Crippen molar-refractivity contribution in [2.24, 2.45) is 5.16 Å². The van der Waals surface area contributed by atoms with Gasteiger partial charge in [-0.3, -0.25) is 4.79 Å². The Morgan fingerprint density at radius 1 is 1.04 bits per heavy atom. The molecule has 0 saturated carbocycles. The maximum atomic E-state index is 13.1. The highest BCUT2D eigenvalue weighted by Gasteiger charge is 2.15. The molecule has 0 amide bonds. The van der Waals surface area contributed by atoms with Gasteiger partial charge in [0.05, 0.1) is 0 Å². The van der Waals surface area contributed by atoms with Crippen LogP contribution in [0.25, 0.3) is 21.8 Å². The molecule has 140 valence electrons. The van der Waals surface area contributed by atoms with Gasteiger partial charge in [-0.2, -0.15) is 0 Å². The molecule has 0 aliphatic rings. The molecule has 0 unspecified atom stereocenters. The molecule has 4 rings (SSSR count). The summed E-state index contributed by atoms with van der Waals surface area (Å²) in [7, 11) is 0. The first-order valence-electron chi connectivity index (χ1n) is 9.45. The number of carbonyl (C=O) groups excluding carboxylic acids is 1. The van der Waals surface area contributed by atoms with E-state index in [2.05, 4.69) is 34.8 Å². The molecule has 0 aliphatic carbocycles. The molecule has 4 aromatic rings. The van der Waals surface area contributed by atoms with E-state index in [1.807, 2.05) is 49.4 Å². The summed E-state index contributed by atoms with van der Waals surface area (Å²) >= 11 is 0. The monoisotopic (exact) mass is 370 g/mol. The second-order valence-electron chi connectivity index (χ2n) is 6.97. The second kappa shape index (κ2) is 7.31. The molecule has 0 bridgehead atoms. The summed E-state index contributed by atoms with van der Waals surface area (Å²) < 4.78 is 2.26. The number of oxime groups is 1. The van der Waals surface area contributed by atoms with Crippen molar-refractivity contribution in [2.75, 3.05) is 0 Å². The zero-order chi connectivity index (χ0) is 19.7. The van der Waals surface area contributed by atoms with E-state index in [4.69, 9.17) is 5.21 Å². The van der Waals surface area contributed by atoms with Crippen LogP contribution in [0.2, 0.25) is 0 Å². The fourth-order valence-electron chi connectivity index (χ4n) is 3.89. The van der Waals surface area contributed by atoms with Crippen LogP contribution in [0.3, 0.4) is 0 Å². The molecule has 0 spiro atoms. The predicted octanol–water partition coefficient (Wildman–Crippen LogP) is 5.36. The Bertz CT molecular complexity index is 1220. The molecular weight excluding hydrogens is 348 g/mol. The fourth-order valence-corrected chi connectivity index (χ4v) is 3.89. The summed E-state index contributed by atoms with van der Waals surface area (Å²) in [5, 5.41) is 14.0. The maximum absolute atomic E-state index is 13.1. The number of nitrogens with zero attached hydrogens (tertiary/aromatic N) is 2. The molecule has 0 saturated heterocycles. The lowest BCUT2D eigenvalue weighted by atomic mass is 9.97. The lowest BCUT2D eigenvalue weighted by Gasteiger charge is -2.06. The topological polar surface area (TPSA) is 54.6 Å². The first kappa shape index (κ1) is 18.0. The van der Waals surface area contributed by atoms with Crippen molar-refractivity contribution in [1.29, 1.82) is 0 Å². The van der Waals surface area contributed by atoms with Gasteiger partial charge in [-0.05, 0) is 55.3 Å². The van der Waals surface area contributed by atoms with Crippen molar-refractivity contribution in [3.05, 3.63) is 82.9 Å². The van der Waals surface area contributed by atoms with Gasteiger partial charge in [0.25, 0.3) is 0 Å². The van der Waals surface area contributed by atoms with Crippen LogP contribution < -0.4 is 0 Å². The SMILES string of the molecule is CCn1c2ccc(CC=NO)cc2c2cc(C(=O)c3ccccc3C)ccc21. The third kappa shape index (κ3) is 2.97. The summed E-state index contributed by atoms with van der Waals surface area (Å²) in [6, 6.07) is 19.9. The minimum atomic E-state index is 0.0426. The van der Waals surface area contributed by atoms with Gasteiger partial charge in [0, 0.05) is 52.1 Å². The highest BCUT2D eigenvalue weighted by atomic mass is 16.4. The molecule has 4 nitrogen and oxygen atoms in total. The van der Waals surface area contributed by atoms with E-state index in [1.54, 1.807) is 0 Å². The van der Waals surface area contributed by atoms with Gasteiger partial charge in [0.1, 0.15) is 0 Å². The summed E-state index contributed by atoms with van der Waals surface area (Å²) in [5.41, 5.74) is 5.74. The first-order chi connectivity index (χ1) is 13.6. The Balaban J connectivity index is 1.91. The Hall–Kier alpha value is -3.40.